The quantitative estimate of drug-likeness (QED) is 0.853. The number of allylic oxidation sites excluding steroid dienone is 4. The Morgan fingerprint density at radius 1 is 1.35 bits per heavy atom. The summed E-state index contributed by atoms with van der Waals surface area (Å²) in [7, 11) is 0. The highest BCUT2D eigenvalue weighted by molar-refractivity contribution is 5.87. The predicted molar refractivity (Wildman–Crippen MR) is 60.4 cm³/mol. The molecule has 0 atom stereocenters. The lowest BCUT2D eigenvalue weighted by Crippen LogP contribution is -2.25. The van der Waals surface area contributed by atoms with Crippen LogP contribution in [0.5, 0.6) is 0 Å². The molecule has 1 aromatic heterocycles. The Balaban J connectivity index is 2.51. The van der Waals surface area contributed by atoms with E-state index in [4.69, 9.17) is 5.11 Å². The van der Waals surface area contributed by atoms with Gasteiger partial charge in [-0.05, 0) is 30.7 Å². The van der Waals surface area contributed by atoms with Crippen molar-refractivity contribution >= 4 is 11.7 Å². The van der Waals surface area contributed by atoms with Crippen molar-refractivity contribution in [2.45, 2.75) is 12.8 Å². The van der Waals surface area contributed by atoms with E-state index in [2.05, 4.69) is 0 Å². The van der Waals surface area contributed by atoms with Gasteiger partial charge in [0.1, 0.15) is 11.4 Å². The lowest BCUT2D eigenvalue weighted by Gasteiger charge is -2.13. The van der Waals surface area contributed by atoms with E-state index in [-0.39, 0.29) is 17.8 Å². The summed E-state index contributed by atoms with van der Waals surface area (Å²) in [5, 5.41) is 8.83. The summed E-state index contributed by atoms with van der Waals surface area (Å²) >= 11 is 0. The topological polar surface area (TPSA) is 59.3 Å². The van der Waals surface area contributed by atoms with E-state index in [0.29, 0.717) is 12.1 Å². The zero-order valence-corrected chi connectivity index (χ0v) is 8.89. The first-order valence-electron chi connectivity index (χ1n) is 5.10. The monoisotopic (exact) mass is 235 g/mol. The molecule has 1 aliphatic rings. The van der Waals surface area contributed by atoms with Gasteiger partial charge in [-0.1, -0.05) is 0 Å². The fraction of sp³-hybridized carbons (Fsp3) is 0.167. The SMILES string of the molecule is O=C(O)c1cccn(C2=CC=C(F)CC2)c1=O. The molecule has 5 heteroatoms. The highest BCUT2D eigenvalue weighted by Crippen LogP contribution is 2.21. The molecular weight excluding hydrogens is 225 g/mol. The van der Waals surface area contributed by atoms with E-state index in [9.17, 15) is 14.0 Å². The van der Waals surface area contributed by atoms with E-state index in [0.717, 1.165) is 0 Å². The summed E-state index contributed by atoms with van der Waals surface area (Å²) in [5.41, 5.74) is -0.287. The van der Waals surface area contributed by atoms with Crippen LogP contribution >= 0.6 is 0 Å². The molecule has 0 fully saturated rings. The number of aromatic nitrogens is 1. The highest BCUT2D eigenvalue weighted by atomic mass is 19.1. The maximum absolute atomic E-state index is 12.8. The molecule has 0 saturated heterocycles. The second kappa shape index (κ2) is 4.37. The van der Waals surface area contributed by atoms with Crippen LogP contribution in [-0.2, 0) is 0 Å². The van der Waals surface area contributed by atoms with E-state index >= 15 is 0 Å². The molecule has 1 N–H and O–H groups in total. The molecule has 0 radical (unpaired) electrons. The molecule has 2 rings (SSSR count). The first kappa shape index (κ1) is 11.3. The van der Waals surface area contributed by atoms with Crippen LogP contribution in [-0.4, -0.2) is 15.6 Å². The fourth-order valence-electron chi connectivity index (χ4n) is 1.68. The molecule has 0 spiro atoms. The van der Waals surface area contributed by atoms with E-state index in [1.807, 2.05) is 0 Å². The first-order valence-corrected chi connectivity index (χ1v) is 5.10. The number of carbonyl (C=O) groups is 1. The maximum atomic E-state index is 12.8. The van der Waals surface area contributed by atoms with Crippen molar-refractivity contribution in [3.05, 3.63) is 52.2 Å². The molecule has 88 valence electrons. The summed E-state index contributed by atoms with van der Waals surface area (Å²) in [5.74, 6) is -1.50. The third-order valence-electron chi connectivity index (χ3n) is 2.56. The molecule has 0 unspecified atom stereocenters. The summed E-state index contributed by atoms with van der Waals surface area (Å²) in [6, 6.07) is 2.74. The molecule has 0 amide bonds. The van der Waals surface area contributed by atoms with Gasteiger partial charge in [0.15, 0.2) is 0 Å². The predicted octanol–water partition coefficient (Wildman–Crippen LogP) is 2.03. The minimum Gasteiger partial charge on any atom is -0.477 e. The van der Waals surface area contributed by atoms with Crippen LogP contribution in [0, 0.1) is 0 Å². The second-order valence-electron chi connectivity index (χ2n) is 3.67. The van der Waals surface area contributed by atoms with E-state index in [1.165, 1.54) is 35.0 Å². The number of carboxylic acid groups (broad SMARTS) is 1. The van der Waals surface area contributed by atoms with Crippen LogP contribution in [0.25, 0.3) is 5.70 Å². The average molecular weight is 235 g/mol. The van der Waals surface area contributed by atoms with Crippen molar-refractivity contribution in [1.29, 1.82) is 0 Å². The number of hydrogen-bond donors (Lipinski definition) is 1. The molecule has 17 heavy (non-hydrogen) atoms. The third kappa shape index (κ3) is 2.18. The largest absolute Gasteiger partial charge is 0.477 e. The van der Waals surface area contributed by atoms with Crippen LogP contribution < -0.4 is 5.56 Å². The average Bonchev–Trinajstić information content (AvgIpc) is 2.30. The standard InChI is InChI=1S/C12H10FNO3/c13-8-3-5-9(6-4-8)14-7-1-2-10(11(14)15)12(16)17/h1-3,5,7H,4,6H2,(H,16,17). The lowest BCUT2D eigenvalue weighted by atomic mass is 10.1. The van der Waals surface area contributed by atoms with Crippen LogP contribution in [0.1, 0.15) is 23.2 Å². The first-order chi connectivity index (χ1) is 8.09. The number of halogens is 1. The van der Waals surface area contributed by atoms with Crippen LogP contribution in [0.15, 0.2) is 41.1 Å². The summed E-state index contributed by atoms with van der Waals surface area (Å²) in [4.78, 5) is 22.6. The van der Waals surface area contributed by atoms with Crippen LogP contribution in [0.4, 0.5) is 4.39 Å². The smallest absolute Gasteiger partial charge is 0.341 e. The summed E-state index contributed by atoms with van der Waals surface area (Å²) < 4.78 is 14.1. The minimum absolute atomic E-state index is 0.232. The van der Waals surface area contributed by atoms with Crippen LogP contribution in [0.3, 0.4) is 0 Å². The zero-order chi connectivity index (χ0) is 12.4. The second-order valence-corrected chi connectivity index (χ2v) is 3.67. The molecule has 0 aromatic carbocycles. The molecular formula is C12H10FNO3. The van der Waals surface area contributed by atoms with Gasteiger partial charge in [0.25, 0.3) is 5.56 Å². The van der Waals surface area contributed by atoms with Crippen molar-refractivity contribution in [2.75, 3.05) is 0 Å². The van der Waals surface area contributed by atoms with Gasteiger partial charge in [-0.2, -0.15) is 0 Å². The Labute approximate surface area is 96.3 Å². The molecule has 0 bridgehead atoms. The molecule has 4 nitrogen and oxygen atoms in total. The minimum atomic E-state index is -1.26. The zero-order valence-electron chi connectivity index (χ0n) is 8.89. The summed E-state index contributed by atoms with van der Waals surface area (Å²) in [6.45, 7) is 0. The van der Waals surface area contributed by atoms with Crippen molar-refractivity contribution in [3.63, 3.8) is 0 Å². The van der Waals surface area contributed by atoms with Crippen molar-refractivity contribution in [1.82, 2.24) is 4.57 Å². The molecule has 1 aromatic rings. The Hall–Kier alpha value is -2.17. The Morgan fingerprint density at radius 3 is 2.71 bits per heavy atom. The van der Waals surface area contributed by atoms with Gasteiger partial charge < -0.3 is 5.11 Å². The Morgan fingerprint density at radius 2 is 2.12 bits per heavy atom. The number of pyridine rings is 1. The van der Waals surface area contributed by atoms with Gasteiger partial charge >= 0.3 is 5.97 Å². The van der Waals surface area contributed by atoms with Crippen LogP contribution in [0.2, 0.25) is 0 Å². The van der Waals surface area contributed by atoms with E-state index < -0.39 is 11.5 Å². The van der Waals surface area contributed by atoms with Crippen molar-refractivity contribution < 1.29 is 14.3 Å². The third-order valence-corrected chi connectivity index (χ3v) is 2.56. The number of nitrogens with zero attached hydrogens (tertiary/aromatic N) is 1. The van der Waals surface area contributed by atoms with Crippen molar-refractivity contribution in [2.24, 2.45) is 0 Å². The fourth-order valence-corrected chi connectivity index (χ4v) is 1.68. The van der Waals surface area contributed by atoms with Gasteiger partial charge in [-0.3, -0.25) is 9.36 Å². The van der Waals surface area contributed by atoms with Gasteiger partial charge in [0.05, 0.1) is 0 Å². The maximum Gasteiger partial charge on any atom is 0.341 e. The van der Waals surface area contributed by atoms with Gasteiger partial charge in [-0.25, -0.2) is 9.18 Å². The normalized spacial score (nSPS) is 15.1. The van der Waals surface area contributed by atoms with Gasteiger partial charge in [-0.15, -0.1) is 0 Å². The molecule has 0 saturated carbocycles. The summed E-state index contributed by atoms with van der Waals surface area (Å²) in [6.07, 6.45) is 4.88. The molecule has 0 aliphatic heterocycles. The number of hydrogen-bond acceptors (Lipinski definition) is 2. The van der Waals surface area contributed by atoms with E-state index in [1.54, 1.807) is 0 Å². The van der Waals surface area contributed by atoms with Crippen molar-refractivity contribution in [3.8, 4) is 0 Å². The number of aromatic carboxylic acids is 1. The lowest BCUT2D eigenvalue weighted by molar-refractivity contribution is 0.0694. The van der Waals surface area contributed by atoms with Gasteiger partial charge in [0.2, 0.25) is 0 Å². The van der Waals surface area contributed by atoms with Gasteiger partial charge in [0, 0.05) is 18.3 Å². The Kier molecular flexibility index (Phi) is 2.91. The number of carboxylic acids is 1. The Bertz CT molecular complexity index is 584. The molecule has 1 heterocycles. The highest BCUT2D eigenvalue weighted by Gasteiger charge is 2.14. The molecule has 1 aliphatic carbocycles. The number of rotatable bonds is 2.